The van der Waals surface area contributed by atoms with Crippen molar-refractivity contribution in [3.05, 3.63) is 39.9 Å². The maximum absolute atomic E-state index is 12.9. The number of benzene rings is 1. The number of nitrogens with zero attached hydrogens (tertiary/aromatic N) is 3. The standard InChI is InChI=1S/C17H18F3N3O/c1-22-7-2-3-11-14(22)6-8-23-15(11)21-13-5-4-10(17(18,19)20)9-12(13)16(23)24/h4-5,9,11,14H,2-3,6-8H2,1H3/t11-,14+/m0/s1. The van der Waals surface area contributed by atoms with Gasteiger partial charge in [-0.1, -0.05) is 0 Å². The van der Waals surface area contributed by atoms with Crippen LogP contribution in [0.2, 0.25) is 0 Å². The van der Waals surface area contributed by atoms with Crippen LogP contribution in [-0.4, -0.2) is 34.1 Å². The zero-order valence-electron chi connectivity index (χ0n) is 13.3. The quantitative estimate of drug-likeness (QED) is 0.742. The molecule has 0 spiro atoms. The molecular weight excluding hydrogens is 319 g/mol. The smallest absolute Gasteiger partial charge is 0.303 e. The van der Waals surface area contributed by atoms with Crippen LogP contribution in [0.1, 0.15) is 36.6 Å². The van der Waals surface area contributed by atoms with Crippen molar-refractivity contribution in [2.45, 2.75) is 43.9 Å². The lowest BCUT2D eigenvalue weighted by Gasteiger charge is -2.42. The van der Waals surface area contributed by atoms with E-state index in [1.807, 2.05) is 0 Å². The van der Waals surface area contributed by atoms with E-state index >= 15 is 0 Å². The van der Waals surface area contributed by atoms with Crippen molar-refractivity contribution in [1.82, 2.24) is 14.5 Å². The van der Waals surface area contributed by atoms with E-state index in [1.54, 1.807) is 4.57 Å². The number of fused-ring (bicyclic) bond motifs is 4. The monoisotopic (exact) mass is 337 g/mol. The van der Waals surface area contributed by atoms with Crippen molar-refractivity contribution in [1.29, 1.82) is 0 Å². The lowest BCUT2D eigenvalue weighted by molar-refractivity contribution is -0.137. The van der Waals surface area contributed by atoms with Gasteiger partial charge in [0.25, 0.3) is 5.56 Å². The Morgan fingerprint density at radius 2 is 2.00 bits per heavy atom. The lowest BCUT2D eigenvalue weighted by Crippen LogP contribution is -2.47. The third-order valence-corrected chi connectivity index (χ3v) is 5.35. The molecule has 4 rings (SSSR count). The van der Waals surface area contributed by atoms with Crippen LogP contribution in [-0.2, 0) is 12.7 Å². The van der Waals surface area contributed by atoms with Crippen LogP contribution in [0, 0.1) is 0 Å². The van der Waals surface area contributed by atoms with Crippen LogP contribution >= 0.6 is 0 Å². The Kier molecular flexibility index (Phi) is 3.46. The highest BCUT2D eigenvalue weighted by Gasteiger charge is 2.37. The molecule has 0 saturated carbocycles. The highest BCUT2D eigenvalue weighted by Crippen LogP contribution is 2.37. The summed E-state index contributed by atoms with van der Waals surface area (Å²) in [5.74, 6) is 0.909. The fourth-order valence-corrected chi connectivity index (χ4v) is 4.12. The number of likely N-dealkylation sites (N-methyl/N-ethyl adjacent to an activating group) is 1. The molecule has 3 heterocycles. The van der Waals surface area contributed by atoms with Crippen molar-refractivity contribution in [2.24, 2.45) is 0 Å². The second-order valence-corrected chi connectivity index (χ2v) is 6.74. The van der Waals surface area contributed by atoms with E-state index in [0.717, 1.165) is 43.8 Å². The predicted molar refractivity (Wildman–Crippen MR) is 84.0 cm³/mol. The molecule has 0 unspecified atom stereocenters. The van der Waals surface area contributed by atoms with Gasteiger partial charge in [-0.2, -0.15) is 13.2 Å². The van der Waals surface area contributed by atoms with Crippen molar-refractivity contribution in [3.63, 3.8) is 0 Å². The summed E-state index contributed by atoms with van der Waals surface area (Å²) in [6.45, 7) is 1.55. The van der Waals surface area contributed by atoms with Gasteiger partial charge in [0.05, 0.1) is 16.5 Å². The Hall–Kier alpha value is -1.89. The van der Waals surface area contributed by atoms with E-state index in [9.17, 15) is 18.0 Å². The van der Waals surface area contributed by atoms with Gasteiger partial charge in [0.1, 0.15) is 5.82 Å². The number of hydrogen-bond donors (Lipinski definition) is 0. The third kappa shape index (κ3) is 2.33. The molecule has 24 heavy (non-hydrogen) atoms. The number of likely N-dealkylation sites (tertiary alicyclic amines) is 1. The first kappa shape index (κ1) is 15.6. The predicted octanol–water partition coefficient (Wildman–Crippen LogP) is 3.00. The second-order valence-electron chi connectivity index (χ2n) is 6.74. The summed E-state index contributed by atoms with van der Waals surface area (Å²) in [6.07, 6.45) is -1.62. The number of rotatable bonds is 0. The van der Waals surface area contributed by atoms with Gasteiger partial charge in [0, 0.05) is 18.5 Å². The van der Waals surface area contributed by atoms with Crippen molar-refractivity contribution >= 4 is 10.9 Å². The van der Waals surface area contributed by atoms with Crippen LogP contribution in [0.4, 0.5) is 13.2 Å². The van der Waals surface area contributed by atoms with Gasteiger partial charge in [-0.25, -0.2) is 4.98 Å². The molecule has 2 aliphatic heterocycles. The summed E-state index contributed by atoms with van der Waals surface area (Å²) in [5.41, 5.74) is -0.804. The summed E-state index contributed by atoms with van der Waals surface area (Å²) < 4.78 is 40.3. The molecule has 1 fully saturated rings. The van der Waals surface area contributed by atoms with Crippen LogP contribution in [0.5, 0.6) is 0 Å². The van der Waals surface area contributed by atoms with Crippen LogP contribution in [0.25, 0.3) is 10.9 Å². The molecule has 128 valence electrons. The van der Waals surface area contributed by atoms with Gasteiger partial charge in [0.15, 0.2) is 0 Å². The molecule has 2 aromatic rings. The third-order valence-electron chi connectivity index (χ3n) is 5.35. The number of halogens is 3. The minimum absolute atomic E-state index is 0.0520. The van der Waals surface area contributed by atoms with Gasteiger partial charge in [-0.05, 0) is 51.1 Å². The Balaban J connectivity index is 1.89. The van der Waals surface area contributed by atoms with Gasteiger partial charge in [0.2, 0.25) is 0 Å². The first-order valence-electron chi connectivity index (χ1n) is 8.18. The number of piperidine rings is 1. The maximum Gasteiger partial charge on any atom is 0.416 e. The minimum Gasteiger partial charge on any atom is -0.303 e. The first-order valence-corrected chi connectivity index (χ1v) is 8.18. The molecule has 0 amide bonds. The highest BCUT2D eigenvalue weighted by atomic mass is 19.4. The molecule has 2 aliphatic rings. The van der Waals surface area contributed by atoms with Crippen molar-refractivity contribution in [2.75, 3.05) is 13.6 Å². The van der Waals surface area contributed by atoms with E-state index in [1.165, 1.54) is 6.07 Å². The normalized spacial score (nSPS) is 24.7. The number of aromatic nitrogens is 2. The topological polar surface area (TPSA) is 38.1 Å². The Bertz CT molecular complexity index is 859. The van der Waals surface area contributed by atoms with E-state index < -0.39 is 11.7 Å². The Morgan fingerprint density at radius 1 is 1.21 bits per heavy atom. The number of hydrogen-bond acceptors (Lipinski definition) is 3. The zero-order chi connectivity index (χ0) is 17.1. The van der Waals surface area contributed by atoms with Gasteiger partial charge in [-0.3, -0.25) is 9.36 Å². The number of alkyl halides is 3. The zero-order valence-corrected chi connectivity index (χ0v) is 13.3. The largest absolute Gasteiger partial charge is 0.416 e. The SMILES string of the molecule is CN1CCC[C@@H]2c3nc4ccc(C(F)(F)F)cc4c(=O)n3CC[C@H]21. The van der Waals surface area contributed by atoms with Crippen molar-refractivity contribution < 1.29 is 13.2 Å². The molecule has 0 N–H and O–H groups in total. The second kappa shape index (κ2) is 5.31. The Labute approximate surface area is 136 Å². The van der Waals surface area contributed by atoms with E-state index in [-0.39, 0.29) is 16.9 Å². The van der Waals surface area contributed by atoms with Crippen LogP contribution < -0.4 is 5.56 Å². The van der Waals surface area contributed by atoms with E-state index in [4.69, 9.17) is 0 Å². The molecule has 1 saturated heterocycles. The molecule has 4 nitrogen and oxygen atoms in total. The Morgan fingerprint density at radius 3 is 2.75 bits per heavy atom. The van der Waals surface area contributed by atoms with Crippen molar-refractivity contribution in [3.8, 4) is 0 Å². The molecular formula is C17H18F3N3O. The van der Waals surface area contributed by atoms with Crippen LogP contribution in [0.3, 0.4) is 0 Å². The molecule has 7 heteroatoms. The lowest BCUT2D eigenvalue weighted by atomic mass is 9.84. The average molecular weight is 337 g/mol. The van der Waals surface area contributed by atoms with E-state index in [2.05, 4.69) is 16.9 Å². The summed E-state index contributed by atoms with van der Waals surface area (Å²) in [7, 11) is 2.08. The first-order chi connectivity index (χ1) is 11.4. The van der Waals surface area contributed by atoms with Gasteiger partial charge >= 0.3 is 6.18 Å². The highest BCUT2D eigenvalue weighted by molar-refractivity contribution is 5.78. The van der Waals surface area contributed by atoms with Gasteiger partial charge < -0.3 is 4.90 Å². The maximum atomic E-state index is 12.9. The molecule has 0 bridgehead atoms. The molecule has 2 atom stereocenters. The van der Waals surface area contributed by atoms with E-state index in [0.29, 0.717) is 18.1 Å². The molecule has 0 radical (unpaired) electrons. The molecule has 0 aliphatic carbocycles. The molecule has 1 aromatic heterocycles. The summed E-state index contributed by atoms with van der Waals surface area (Å²) in [5, 5.41) is 0.0520. The average Bonchev–Trinajstić information content (AvgIpc) is 2.54. The summed E-state index contributed by atoms with van der Waals surface area (Å²) in [6, 6.07) is 3.60. The van der Waals surface area contributed by atoms with Gasteiger partial charge in [-0.15, -0.1) is 0 Å². The van der Waals surface area contributed by atoms with Crippen LogP contribution in [0.15, 0.2) is 23.0 Å². The summed E-state index contributed by atoms with van der Waals surface area (Å²) in [4.78, 5) is 19.6. The minimum atomic E-state index is -4.46. The summed E-state index contributed by atoms with van der Waals surface area (Å²) >= 11 is 0. The fourth-order valence-electron chi connectivity index (χ4n) is 4.12. The fraction of sp³-hybridized carbons (Fsp3) is 0.529. The molecule has 1 aromatic carbocycles.